The van der Waals surface area contributed by atoms with Gasteiger partial charge in [0.2, 0.25) is 0 Å². The van der Waals surface area contributed by atoms with Crippen LogP contribution >= 0.6 is 0 Å². The number of hydrogen-bond donors (Lipinski definition) is 9. The topological polar surface area (TPSA) is 379 Å². The number of rotatable bonds is 18. The van der Waals surface area contributed by atoms with Gasteiger partial charge in [-0.1, -0.05) is 55.3 Å². The summed E-state index contributed by atoms with van der Waals surface area (Å²) >= 11 is 0. The van der Waals surface area contributed by atoms with Gasteiger partial charge in [0, 0.05) is 90.2 Å². The molecule has 3 fully saturated rings. The molecular weight excluding hydrogens is 1300 g/mol. The first-order chi connectivity index (χ1) is 47.9. The fourth-order valence-corrected chi connectivity index (χ4v) is 12.3. The average molecular weight is 1380 g/mol. The van der Waals surface area contributed by atoms with Gasteiger partial charge in [-0.2, -0.15) is 15.3 Å². The zero-order valence-electron chi connectivity index (χ0n) is 55.0. The van der Waals surface area contributed by atoms with Gasteiger partial charge in [0.15, 0.2) is 0 Å². The number of aryl methyl sites for hydroxylation is 3. The van der Waals surface area contributed by atoms with E-state index >= 15 is 0 Å². The molecule has 0 radical (unpaired) electrons. The van der Waals surface area contributed by atoms with Crippen molar-refractivity contribution in [1.29, 1.82) is 0 Å². The van der Waals surface area contributed by atoms with Crippen molar-refractivity contribution in [3.63, 3.8) is 0 Å². The number of aromatic nitrogens is 7. The van der Waals surface area contributed by atoms with Crippen molar-refractivity contribution >= 4 is 52.9 Å². The van der Waals surface area contributed by atoms with E-state index in [9.17, 15) is 50.7 Å². The second-order valence-electron chi connectivity index (χ2n) is 24.4. The van der Waals surface area contributed by atoms with Gasteiger partial charge in [-0.25, -0.2) is 36.0 Å². The Hall–Kier alpha value is -11.3. The summed E-state index contributed by atoms with van der Waals surface area (Å²) in [4.78, 5) is 77.9. The van der Waals surface area contributed by atoms with E-state index in [0.29, 0.717) is 91.6 Å². The minimum Gasteiger partial charge on any atom is -0.383 e. The molecule has 1 aliphatic carbocycles. The van der Waals surface area contributed by atoms with E-state index in [0.717, 1.165) is 67.1 Å². The summed E-state index contributed by atoms with van der Waals surface area (Å²) in [7, 11) is 0. The molecule has 29 heteroatoms. The van der Waals surface area contributed by atoms with Crippen LogP contribution in [-0.4, -0.2) is 96.2 Å². The molecule has 100 heavy (non-hydrogen) atoms. The van der Waals surface area contributed by atoms with E-state index < -0.39 is 70.7 Å². The average Bonchev–Trinajstić information content (AvgIpc) is 1.63. The number of benzene rings is 5. The molecule has 0 unspecified atom stereocenters. The molecule has 0 spiro atoms. The van der Waals surface area contributed by atoms with Crippen LogP contribution < -0.4 is 50.4 Å². The number of nitrogens with zero attached hydrogens (tertiary/aromatic N) is 7. The highest BCUT2D eigenvalue weighted by atomic mass is 19.1. The van der Waals surface area contributed by atoms with Crippen LogP contribution in [-0.2, 0) is 29.1 Å². The van der Waals surface area contributed by atoms with Gasteiger partial charge in [-0.15, -0.1) is 0 Å². The molecule has 24 nitrogen and oxygen atoms in total. The zero-order chi connectivity index (χ0) is 71.6. The Balaban J connectivity index is 0.000000162. The second-order valence-corrected chi connectivity index (χ2v) is 24.4. The molecule has 522 valence electrons. The van der Waals surface area contributed by atoms with E-state index in [1.165, 1.54) is 21.5 Å². The number of anilines is 3. The van der Waals surface area contributed by atoms with Crippen LogP contribution in [0.4, 0.5) is 39.4 Å². The van der Waals surface area contributed by atoms with Crippen molar-refractivity contribution in [2.75, 3.05) is 43.6 Å². The minimum atomic E-state index is -0.967. The van der Waals surface area contributed by atoms with Gasteiger partial charge in [0.1, 0.15) is 80.3 Å². The van der Waals surface area contributed by atoms with Crippen LogP contribution in [0, 0.1) is 49.9 Å². The Kier molecular flexibility index (Phi) is 22.5. The molecule has 2 saturated heterocycles. The molecule has 6 heterocycles. The lowest BCUT2D eigenvalue weighted by Gasteiger charge is -2.23. The SMILES string of the molecule is Cc1ccc(F)cc1C(=O)NCc1c(F)cc(-c2nn(C3CCOCC3)c(N)c2C(N)=O)cc1F.Cc1ccccc1C(=O)NCc1c(F)cc(-c2nn(C3CCOCC3)c(N)c2C(N)=O)cc1F.Cc1ccccc1C(=O)NCc1ccc(-c2nn(C3CCCC3)c(N)c2C(N)=O)cn1. The number of hydrogen-bond acceptors (Lipinski definition) is 15. The number of carbonyl (C=O) groups excluding carboxylic acids is 6. The molecule has 12 rings (SSSR count). The van der Waals surface area contributed by atoms with Crippen molar-refractivity contribution in [3.8, 4) is 33.8 Å². The van der Waals surface area contributed by atoms with Crippen LogP contribution in [0.3, 0.4) is 0 Å². The Morgan fingerprint density at radius 2 is 0.810 bits per heavy atom. The lowest BCUT2D eigenvalue weighted by Crippen LogP contribution is -2.25. The predicted octanol–water partition coefficient (Wildman–Crippen LogP) is 9.32. The summed E-state index contributed by atoms with van der Waals surface area (Å²) in [6.07, 6.45) is 8.32. The van der Waals surface area contributed by atoms with Crippen LogP contribution in [0.5, 0.6) is 0 Å². The molecule has 1 saturated carbocycles. The van der Waals surface area contributed by atoms with Crippen LogP contribution in [0.25, 0.3) is 33.8 Å². The van der Waals surface area contributed by atoms with E-state index in [1.54, 1.807) is 61.1 Å². The van der Waals surface area contributed by atoms with E-state index in [2.05, 4.69) is 36.2 Å². The van der Waals surface area contributed by atoms with Crippen molar-refractivity contribution in [3.05, 3.63) is 205 Å². The molecule has 0 atom stereocenters. The highest BCUT2D eigenvalue weighted by Crippen LogP contribution is 2.38. The normalized spacial score (nSPS) is 14.1. The molecule has 3 aliphatic rings. The molecule has 5 aromatic carbocycles. The number of nitrogens with two attached hydrogens (primary N) is 6. The van der Waals surface area contributed by atoms with Crippen molar-refractivity contribution in [2.24, 2.45) is 17.2 Å². The highest BCUT2D eigenvalue weighted by molar-refractivity contribution is 6.05. The number of halogens is 5. The van der Waals surface area contributed by atoms with Gasteiger partial charge in [-0.05, 0) is 137 Å². The van der Waals surface area contributed by atoms with E-state index in [4.69, 9.17) is 43.9 Å². The zero-order valence-corrected chi connectivity index (χ0v) is 55.0. The molecule has 9 aromatic rings. The lowest BCUT2D eigenvalue weighted by molar-refractivity contribution is 0.0668. The largest absolute Gasteiger partial charge is 0.383 e. The van der Waals surface area contributed by atoms with Gasteiger partial charge in [0.05, 0.1) is 30.4 Å². The summed E-state index contributed by atoms with van der Waals surface area (Å²) in [5.74, 6) is -7.55. The second kappa shape index (κ2) is 31.5. The van der Waals surface area contributed by atoms with Crippen molar-refractivity contribution in [2.45, 2.75) is 110 Å². The lowest BCUT2D eigenvalue weighted by atomic mass is 10.0. The van der Waals surface area contributed by atoms with Gasteiger partial charge >= 0.3 is 0 Å². The molecule has 4 aromatic heterocycles. The number of amides is 6. The van der Waals surface area contributed by atoms with Crippen LogP contribution in [0.2, 0.25) is 0 Å². The standard InChI is InChI=1S/C24H24F3N5O3.C24H25F2N5O3.C23H26N6O2/c1-12-2-3-14(25)10-16(12)24(34)30-11-17-18(26)8-13(9-19(17)27)21-20(23(29)33)22(28)32(31-21)15-4-6-35-7-5-15;1-13-4-2-3-5-16(13)24(33)29-12-17-18(25)10-14(11-19(17)26)21-20(23(28)32)22(27)31(30-21)15-6-8-34-9-7-15;1-14-6-2-5-9-18(14)23(31)27-13-16-11-10-15(12-26-16)20-19(22(25)30)21(24)29(28-20)17-7-3-4-8-17/h2-3,8-10,15H,4-7,11,28H2,1H3,(H2,29,33)(H,30,34);2-5,10-11,15H,6-9,12,27H2,1H3,(H2,28,32)(H,29,33);2,5-6,9-12,17H,3-4,7-8,13,24H2,1H3,(H2,25,30)(H,27,31). The molecule has 2 aliphatic heterocycles. The molecule has 15 N–H and O–H groups in total. The van der Waals surface area contributed by atoms with Crippen molar-refractivity contribution < 1.29 is 60.2 Å². The third-order valence-electron chi connectivity index (χ3n) is 17.8. The summed E-state index contributed by atoms with van der Waals surface area (Å²) in [6.45, 7) is 6.74. The smallest absolute Gasteiger partial charge is 0.254 e. The Morgan fingerprint density at radius 1 is 0.450 bits per heavy atom. The van der Waals surface area contributed by atoms with Gasteiger partial charge in [-0.3, -0.25) is 33.8 Å². The summed E-state index contributed by atoms with van der Waals surface area (Å²) in [5, 5.41) is 21.2. The number of primary amides is 3. The summed E-state index contributed by atoms with van der Waals surface area (Å²) < 4.78 is 88.6. The summed E-state index contributed by atoms with van der Waals surface area (Å²) in [5.41, 5.74) is 39.5. The third kappa shape index (κ3) is 16.0. The number of ether oxygens (including phenoxy) is 2. The van der Waals surface area contributed by atoms with Crippen LogP contribution in [0.15, 0.2) is 109 Å². The molecule has 6 amide bonds. The maximum Gasteiger partial charge on any atom is 0.254 e. The molecular formula is C71H75F5N16O8. The van der Waals surface area contributed by atoms with Crippen LogP contribution in [0.1, 0.15) is 165 Å². The number of nitrogens with one attached hydrogen (secondary N) is 3. The number of nitrogen functional groups attached to an aromatic ring is 3. The molecule has 0 bridgehead atoms. The fourth-order valence-electron chi connectivity index (χ4n) is 12.3. The predicted molar refractivity (Wildman–Crippen MR) is 362 cm³/mol. The first-order valence-corrected chi connectivity index (χ1v) is 32.2. The Labute approximate surface area is 570 Å². The Bertz CT molecular complexity index is 4530. The maximum absolute atomic E-state index is 14.9. The third-order valence-corrected chi connectivity index (χ3v) is 17.8. The fraction of sp³-hybridized carbons (Fsp3) is 0.296. The first-order valence-electron chi connectivity index (χ1n) is 32.2. The van der Waals surface area contributed by atoms with Gasteiger partial charge in [0.25, 0.3) is 35.4 Å². The quantitative estimate of drug-likeness (QED) is 0.0361. The maximum atomic E-state index is 14.9. The van der Waals surface area contributed by atoms with E-state index in [-0.39, 0.29) is 99.1 Å². The first kappa shape index (κ1) is 71.4. The number of carbonyl (C=O) groups is 6. The van der Waals surface area contributed by atoms with Crippen molar-refractivity contribution in [1.82, 2.24) is 50.3 Å². The highest BCUT2D eigenvalue weighted by Gasteiger charge is 2.32. The van der Waals surface area contributed by atoms with Gasteiger partial charge < -0.3 is 59.8 Å². The number of pyridine rings is 1. The minimum absolute atomic E-state index is 0.00443. The monoisotopic (exact) mass is 1370 g/mol. The Morgan fingerprint density at radius 3 is 1.19 bits per heavy atom. The summed E-state index contributed by atoms with van der Waals surface area (Å²) in [6, 6.07) is 25.7. The van der Waals surface area contributed by atoms with E-state index in [1.807, 2.05) is 31.2 Å².